The molecule has 0 aromatic heterocycles. The van der Waals surface area contributed by atoms with E-state index < -0.39 is 12.1 Å². The fourth-order valence-corrected chi connectivity index (χ4v) is 7.38. The van der Waals surface area contributed by atoms with Gasteiger partial charge in [0.25, 0.3) is 0 Å². The maximum Gasteiger partial charge on any atom is 0.306 e. The van der Waals surface area contributed by atoms with Gasteiger partial charge in [-0.3, -0.25) is 14.4 Å². The summed E-state index contributed by atoms with van der Waals surface area (Å²) < 4.78 is 16.8. The van der Waals surface area contributed by atoms with Crippen LogP contribution in [0.15, 0.2) is 109 Å². The predicted octanol–water partition coefficient (Wildman–Crippen LogP) is 18.7. The van der Waals surface area contributed by atoms with E-state index in [-0.39, 0.29) is 31.6 Å². The Balaban J connectivity index is 4.49. The van der Waals surface area contributed by atoms with Gasteiger partial charge in [-0.1, -0.05) is 226 Å². The zero-order chi connectivity index (χ0) is 49.3. The van der Waals surface area contributed by atoms with Gasteiger partial charge in [-0.15, -0.1) is 0 Å². The molecule has 0 heterocycles. The van der Waals surface area contributed by atoms with E-state index in [1.165, 1.54) is 103 Å². The molecule has 6 nitrogen and oxygen atoms in total. The Kier molecular flexibility index (Phi) is 52.4. The first kappa shape index (κ1) is 64.1. The molecule has 0 amide bonds. The van der Waals surface area contributed by atoms with Crippen LogP contribution < -0.4 is 0 Å². The first-order valence-electron chi connectivity index (χ1n) is 27.9. The molecule has 0 aliphatic rings. The largest absolute Gasteiger partial charge is 0.462 e. The molecule has 0 aliphatic carbocycles. The number of carbonyl (C=O) groups is 3. The summed E-state index contributed by atoms with van der Waals surface area (Å²) in [5.74, 6) is -1.01. The average Bonchev–Trinajstić information content (AvgIpc) is 3.34. The van der Waals surface area contributed by atoms with Gasteiger partial charge in [-0.05, 0) is 109 Å². The quantitative estimate of drug-likeness (QED) is 0.0262. The predicted molar refractivity (Wildman–Crippen MR) is 293 cm³/mol. The van der Waals surface area contributed by atoms with E-state index in [2.05, 4.69) is 118 Å². The molecule has 0 aliphatic heterocycles. The van der Waals surface area contributed by atoms with Gasteiger partial charge in [0.1, 0.15) is 13.2 Å². The molecule has 0 aromatic carbocycles. The van der Waals surface area contributed by atoms with Crippen LogP contribution in [0.1, 0.15) is 245 Å². The molecule has 0 spiro atoms. The van der Waals surface area contributed by atoms with Gasteiger partial charge < -0.3 is 14.2 Å². The van der Waals surface area contributed by atoms with Gasteiger partial charge in [0.15, 0.2) is 6.10 Å². The van der Waals surface area contributed by atoms with Crippen molar-refractivity contribution in [3.8, 4) is 0 Å². The van der Waals surface area contributed by atoms with Gasteiger partial charge in [0, 0.05) is 19.3 Å². The highest BCUT2D eigenvalue weighted by molar-refractivity contribution is 5.71. The molecular formula is C62H102O6. The summed E-state index contributed by atoms with van der Waals surface area (Å²) in [5.41, 5.74) is 0. The maximum absolute atomic E-state index is 12.8. The minimum Gasteiger partial charge on any atom is -0.462 e. The van der Waals surface area contributed by atoms with Gasteiger partial charge in [-0.25, -0.2) is 0 Å². The lowest BCUT2D eigenvalue weighted by atomic mass is 10.1. The third-order valence-corrected chi connectivity index (χ3v) is 11.5. The van der Waals surface area contributed by atoms with E-state index in [1.54, 1.807) is 0 Å². The molecule has 1 unspecified atom stereocenters. The minimum absolute atomic E-state index is 0.113. The van der Waals surface area contributed by atoms with E-state index in [4.69, 9.17) is 14.2 Å². The number of allylic oxidation sites excluding steroid dienone is 18. The van der Waals surface area contributed by atoms with E-state index in [9.17, 15) is 14.4 Å². The average molecular weight is 943 g/mol. The molecule has 6 heteroatoms. The summed E-state index contributed by atoms with van der Waals surface area (Å²) >= 11 is 0. The molecule has 0 radical (unpaired) electrons. The van der Waals surface area contributed by atoms with Crippen LogP contribution in [0, 0.1) is 0 Å². The highest BCUT2D eigenvalue weighted by atomic mass is 16.6. The smallest absolute Gasteiger partial charge is 0.306 e. The van der Waals surface area contributed by atoms with Gasteiger partial charge in [0.05, 0.1) is 0 Å². The van der Waals surface area contributed by atoms with E-state index in [0.29, 0.717) is 19.3 Å². The normalized spacial score (nSPS) is 12.9. The maximum atomic E-state index is 12.8. The Labute approximate surface area is 419 Å². The second-order valence-electron chi connectivity index (χ2n) is 18.1. The second kappa shape index (κ2) is 55.7. The molecule has 68 heavy (non-hydrogen) atoms. The molecule has 1 atom stereocenters. The molecule has 0 saturated heterocycles. The lowest BCUT2D eigenvalue weighted by Crippen LogP contribution is -2.30. The Morgan fingerprint density at radius 2 is 0.603 bits per heavy atom. The number of rotatable bonds is 49. The van der Waals surface area contributed by atoms with Crippen LogP contribution in [0.5, 0.6) is 0 Å². The Morgan fingerprint density at radius 1 is 0.309 bits per heavy atom. The number of unbranched alkanes of at least 4 members (excludes halogenated alkanes) is 20. The van der Waals surface area contributed by atoms with Crippen LogP contribution >= 0.6 is 0 Å². The van der Waals surface area contributed by atoms with Crippen molar-refractivity contribution in [2.24, 2.45) is 0 Å². The van der Waals surface area contributed by atoms with Crippen molar-refractivity contribution < 1.29 is 28.6 Å². The van der Waals surface area contributed by atoms with Crippen LogP contribution in [0.4, 0.5) is 0 Å². The lowest BCUT2D eigenvalue weighted by molar-refractivity contribution is -0.166. The molecule has 0 rings (SSSR count). The SMILES string of the molecule is CC/C=C\C/C=C\C/C=C\C/C=C\C/C=C\CCC(=O)OC(COC(=O)CCCCCCCCC/C=C\CCCCCC)COC(=O)CCCCCCCCCCC/C=C\C/C=C\C/C=C\CC. The number of ether oxygens (including phenoxy) is 3. The number of hydrogen-bond donors (Lipinski definition) is 0. The molecule has 0 aromatic rings. The fourth-order valence-electron chi connectivity index (χ4n) is 7.38. The van der Waals surface area contributed by atoms with Crippen LogP contribution in [0.25, 0.3) is 0 Å². The summed E-state index contributed by atoms with van der Waals surface area (Å²) in [7, 11) is 0. The first-order valence-corrected chi connectivity index (χ1v) is 27.9. The van der Waals surface area contributed by atoms with Gasteiger partial charge >= 0.3 is 17.9 Å². The summed E-state index contributed by atoms with van der Waals surface area (Å²) in [5, 5.41) is 0. The Morgan fingerprint density at radius 3 is 0.971 bits per heavy atom. The van der Waals surface area contributed by atoms with Crippen molar-refractivity contribution in [3.05, 3.63) is 109 Å². The van der Waals surface area contributed by atoms with Crippen molar-refractivity contribution in [3.63, 3.8) is 0 Å². The highest BCUT2D eigenvalue weighted by Gasteiger charge is 2.19. The van der Waals surface area contributed by atoms with Crippen LogP contribution in [0.3, 0.4) is 0 Å². The first-order chi connectivity index (χ1) is 33.5. The summed E-state index contributed by atoms with van der Waals surface area (Å²) in [6, 6.07) is 0. The highest BCUT2D eigenvalue weighted by Crippen LogP contribution is 2.14. The van der Waals surface area contributed by atoms with E-state index >= 15 is 0 Å². The van der Waals surface area contributed by atoms with Gasteiger partial charge in [0.2, 0.25) is 0 Å². The van der Waals surface area contributed by atoms with Crippen LogP contribution in [-0.4, -0.2) is 37.2 Å². The zero-order valence-corrected chi connectivity index (χ0v) is 44.1. The topological polar surface area (TPSA) is 78.9 Å². The Hall–Kier alpha value is -3.93. The zero-order valence-electron chi connectivity index (χ0n) is 44.1. The van der Waals surface area contributed by atoms with Crippen LogP contribution in [0.2, 0.25) is 0 Å². The number of esters is 3. The van der Waals surface area contributed by atoms with Gasteiger partial charge in [-0.2, -0.15) is 0 Å². The van der Waals surface area contributed by atoms with Crippen molar-refractivity contribution in [2.75, 3.05) is 13.2 Å². The number of carbonyl (C=O) groups excluding carboxylic acids is 3. The standard InChI is InChI=1S/C62H102O6/c1-4-7-10-13-16-19-22-25-28-30-31-32-35-37-40-43-46-49-52-55-61(64)67-58-59(57-66-60(63)54-51-48-45-42-39-36-33-27-24-21-18-15-12-9-6-3)68-62(65)56-53-50-47-44-41-38-34-29-26-23-20-17-14-11-8-5-2/h7-8,10-11,16-17,19-21,24-26,28-29,38,41,47,50,59H,4-6,9,12-15,18,22-23,27,30-37,39-40,42-46,48-49,51-58H2,1-3H3/b10-7-,11-8-,19-16-,20-17-,24-21-,28-25-,29-26-,41-38-,50-47-. The summed E-state index contributed by atoms with van der Waals surface area (Å²) in [4.78, 5) is 38.1. The number of hydrogen-bond acceptors (Lipinski definition) is 6. The molecule has 0 bridgehead atoms. The summed E-state index contributed by atoms with van der Waals surface area (Å²) in [6.45, 7) is 6.33. The van der Waals surface area contributed by atoms with Crippen molar-refractivity contribution in [2.45, 2.75) is 252 Å². The van der Waals surface area contributed by atoms with E-state index in [0.717, 1.165) is 96.3 Å². The Bertz CT molecular complexity index is 1410. The monoisotopic (exact) mass is 943 g/mol. The molecule has 386 valence electrons. The lowest BCUT2D eigenvalue weighted by Gasteiger charge is -2.18. The molecule has 0 saturated carbocycles. The minimum atomic E-state index is -0.823. The molecule has 0 fully saturated rings. The molecular weight excluding hydrogens is 841 g/mol. The third kappa shape index (κ3) is 53.0. The van der Waals surface area contributed by atoms with Crippen molar-refractivity contribution in [1.82, 2.24) is 0 Å². The van der Waals surface area contributed by atoms with E-state index in [1.807, 2.05) is 12.2 Å². The van der Waals surface area contributed by atoms with Crippen molar-refractivity contribution >= 4 is 17.9 Å². The van der Waals surface area contributed by atoms with Crippen LogP contribution in [-0.2, 0) is 28.6 Å². The van der Waals surface area contributed by atoms with Crippen molar-refractivity contribution in [1.29, 1.82) is 0 Å². The third-order valence-electron chi connectivity index (χ3n) is 11.5. The summed E-state index contributed by atoms with van der Waals surface area (Å²) in [6.07, 6.45) is 75.1. The second-order valence-corrected chi connectivity index (χ2v) is 18.1. The molecule has 0 N–H and O–H groups in total. The fraction of sp³-hybridized carbons (Fsp3) is 0.661.